The highest BCUT2D eigenvalue weighted by atomic mass is 35.5. The van der Waals surface area contributed by atoms with E-state index in [1.807, 2.05) is 31.2 Å². The van der Waals surface area contributed by atoms with E-state index in [2.05, 4.69) is 10.2 Å². The van der Waals surface area contributed by atoms with Gasteiger partial charge in [0.1, 0.15) is 17.7 Å². The Kier molecular flexibility index (Phi) is 6.22. The molecule has 1 aliphatic rings. The Morgan fingerprint density at radius 2 is 1.90 bits per heavy atom. The number of ether oxygens (including phenoxy) is 1. The van der Waals surface area contributed by atoms with Crippen LogP contribution in [0, 0.1) is 0 Å². The maximum Gasteiger partial charge on any atom is 0.242 e. The maximum absolute atomic E-state index is 12.8. The number of rotatable bonds is 5. The highest BCUT2D eigenvalue weighted by Gasteiger charge is 2.42. The summed E-state index contributed by atoms with van der Waals surface area (Å²) in [7, 11) is 0. The molecule has 0 radical (unpaired) electrons. The summed E-state index contributed by atoms with van der Waals surface area (Å²) in [4.78, 5) is 14.5. The maximum atomic E-state index is 12.8. The number of hydrogen-bond acceptors (Lipinski definition) is 6. The van der Waals surface area contributed by atoms with E-state index >= 15 is 0 Å². The van der Waals surface area contributed by atoms with E-state index in [1.54, 1.807) is 23.1 Å². The van der Waals surface area contributed by atoms with Gasteiger partial charge in [0.2, 0.25) is 11.0 Å². The Morgan fingerprint density at radius 1 is 1.10 bits per heavy atom. The average molecular weight is 487 g/mol. The van der Waals surface area contributed by atoms with E-state index < -0.39 is 0 Å². The van der Waals surface area contributed by atoms with Gasteiger partial charge in [0.15, 0.2) is 5.01 Å². The first-order chi connectivity index (χ1) is 13.9. The second kappa shape index (κ2) is 8.70. The van der Waals surface area contributed by atoms with Crippen LogP contribution in [-0.4, -0.2) is 21.4 Å². The van der Waals surface area contributed by atoms with Crippen LogP contribution in [0.5, 0.6) is 5.75 Å². The summed E-state index contributed by atoms with van der Waals surface area (Å²) < 4.78 is 5.72. The summed E-state index contributed by atoms with van der Waals surface area (Å²) in [5, 5.41) is 10.6. The predicted octanol–water partition coefficient (Wildman–Crippen LogP) is 6.24. The van der Waals surface area contributed by atoms with Crippen molar-refractivity contribution in [1.82, 2.24) is 10.2 Å². The molecule has 1 amide bonds. The molecule has 1 aromatic heterocycles. The third kappa shape index (κ3) is 4.34. The molecule has 0 aliphatic carbocycles. The molecule has 0 saturated carbocycles. The molecule has 2 aromatic carbocycles. The summed E-state index contributed by atoms with van der Waals surface area (Å²) >= 11 is 21.2. The molecule has 150 valence electrons. The first-order valence-corrected chi connectivity index (χ1v) is 11.5. The molecule has 5 nitrogen and oxygen atoms in total. The van der Waals surface area contributed by atoms with E-state index in [4.69, 9.17) is 39.5 Å². The van der Waals surface area contributed by atoms with E-state index in [0.29, 0.717) is 31.0 Å². The van der Waals surface area contributed by atoms with Crippen molar-refractivity contribution in [2.45, 2.75) is 24.2 Å². The van der Waals surface area contributed by atoms with Gasteiger partial charge < -0.3 is 4.74 Å². The molecule has 1 saturated heterocycles. The first-order valence-electron chi connectivity index (χ1n) is 8.57. The molecule has 10 heteroatoms. The molecule has 1 aliphatic heterocycles. The van der Waals surface area contributed by atoms with Crippen LogP contribution < -0.4 is 9.64 Å². The summed E-state index contributed by atoms with van der Waals surface area (Å²) in [6.45, 7) is 2.06. The van der Waals surface area contributed by atoms with E-state index in [-0.39, 0.29) is 23.1 Å². The Bertz CT molecular complexity index is 1060. The molecular weight excluding hydrogens is 473 g/mol. The van der Waals surface area contributed by atoms with Gasteiger partial charge in [-0.2, -0.15) is 0 Å². The lowest BCUT2D eigenvalue weighted by Gasteiger charge is -2.21. The molecular formula is C19H14Cl3N3O2S2. The van der Waals surface area contributed by atoms with Gasteiger partial charge in [-0.05, 0) is 31.2 Å². The smallest absolute Gasteiger partial charge is 0.242 e. The molecule has 1 fully saturated rings. The van der Waals surface area contributed by atoms with Crippen molar-refractivity contribution in [2.24, 2.45) is 0 Å². The first kappa shape index (κ1) is 20.8. The summed E-state index contributed by atoms with van der Waals surface area (Å²) in [6, 6.07) is 12.5. The van der Waals surface area contributed by atoms with Gasteiger partial charge in [0, 0.05) is 15.6 Å². The zero-order valence-corrected chi connectivity index (χ0v) is 18.9. The minimum atomic E-state index is -0.251. The molecule has 4 rings (SSSR count). The van der Waals surface area contributed by atoms with Crippen LogP contribution in [0.15, 0.2) is 42.5 Å². The molecule has 0 spiro atoms. The predicted molar refractivity (Wildman–Crippen MR) is 119 cm³/mol. The van der Waals surface area contributed by atoms with Crippen LogP contribution in [0.4, 0.5) is 5.13 Å². The number of thioether (sulfide) groups is 1. The second-order valence-corrected chi connectivity index (χ2v) is 9.92. The van der Waals surface area contributed by atoms with Crippen molar-refractivity contribution >= 4 is 68.9 Å². The number of nitrogens with zero attached hydrogens (tertiary/aromatic N) is 3. The highest BCUT2D eigenvalue weighted by Crippen LogP contribution is 2.47. The topological polar surface area (TPSA) is 55.3 Å². The van der Waals surface area contributed by atoms with Gasteiger partial charge >= 0.3 is 0 Å². The Morgan fingerprint density at radius 3 is 2.66 bits per heavy atom. The van der Waals surface area contributed by atoms with Crippen molar-refractivity contribution in [3.05, 3.63) is 68.1 Å². The van der Waals surface area contributed by atoms with Gasteiger partial charge in [-0.1, -0.05) is 64.3 Å². The summed E-state index contributed by atoms with van der Waals surface area (Å²) in [6.07, 6.45) is 0. The van der Waals surface area contributed by atoms with Crippen LogP contribution in [-0.2, 0) is 11.4 Å². The van der Waals surface area contributed by atoms with E-state index in [9.17, 15) is 4.79 Å². The number of carbonyl (C=O) groups excluding carboxylic acids is 1. The lowest BCUT2D eigenvalue weighted by atomic mass is 10.2. The molecule has 2 unspecified atom stereocenters. The van der Waals surface area contributed by atoms with Crippen LogP contribution >= 0.6 is 57.9 Å². The van der Waals surface area contributed by atoms with Gasteiger partial charge in [-0.15, -0.1) is 22.0 Å². The highest BCUT2D eigenvalue weighted by molar-refractivity contribution is 8.01. The third-order valence-electron chi connectivity index (χ3n) is 4.23. The van der Waals surface area contributed by atoms with Crippen LogP contribution in [0.2, 0.25) is 15.1 Å². The van der Waals surface area contributed by atoms with Gasteiger partial charge in [-0.3, -0.25) is 9.69 Å². The fourth-order valence-electron chi connectivity index (χ4n) is 2.84. The Labute approximate surface area is 190 Å². The Hall–Kier alpha value is -1.51. The van der Waals surface area contributed by atoms with E-state index in [1.165, 1.54) is 23.1 Å². The number of halogens is 3. The number of benzene rings is 2. The van der Waals surface area contributed by atoms with Crippen molar-refractivity contribution in [3.63, 3.8) is 0 Å². The zero-order valence-electron chi connectivity index (χ0n) is 15.0. The van der Waals surface area contributed by atoms with Gasteiger partial charge in [-0.25, -0.2) is 0 Å². The van der Waals surface area contributed by atoms with Crippen LogP contribution in [0.1, 0.15) is 22.9 Å². The second-order valence-electron chi connectivity index (χ2n) is 6.20. The summed E-state index contributed by atoms with van der Waals surface area (Å²) in [5.74, 6) is 0.479. The largest absolute Gasteiger partial charge is 0.485 e. The molecule has 29 heavy (non-hydrogen) atoms. The van der Waals surface area contributed by atoms with Crippen LogP contribution in [0.25, 0.3) is 0 Å². The van der Waals surface area contributed by atoms with Crippen molar-refractivity contribution < 1.29 is 9.53 Å². The van der Waals surface area contributed by atoms with Crippen LogP contribution in [0.3, 0.4) is 0 Å². The minimum absolute atomic E-state index is 0.0238. The fourth-order valence-corrected chi connectivity index (χ4v) is 5.75. The molecule has 2 heterocycles. The standard InChI is InChI=1S/C19H14Cl3N3O2S2/c1-10-17(26)25(18(28-10)12-4-2-3-5-13(12)21)19-24-23-16(29-19)9-27-15-7-6-11(20)8-14(15)22/h2-8,10,18H,9H2,1H3. The lowest BCUT2D eigenvalue weighted by Crippen LogP contribution is -2.30. The molecule has 2 atom stereocenters. The number of anilines is 1. The zero-order chi connectivity index (χ0) is 20.5. The minimum Gasteiger partial charge on any atom is -0.485 e. The van der Waals surface area contributed by atoms with Gasteiger partial charge in [0.25, 0.3) is 0 Å². The van der Waals surface area contributed by atoms with Gasteiger partial charge in [0.05, 0.1) is 10.3 Å². The number of hydrogen-bond donors (Lipinski definition) is 0. The fraction of sp³-hybridized carbons (Fsp3) is 0.211. The molecule has 0 bridgehead atoms. The van der Waals surface area contributed by atoms with E-state index in [0.717, 1.165) is 5.56 Å². The number of carbonyl (C=O) groups is 1. The molecule has 0 N–H and O–H groups in total. The number of amides is 1. The van der Waals surface area contributed by atoms with Crippen molar-refractivity contribution in [2.75, 3.05) is 4.90 Å². The van der Waals surface area contributed by atoms with Crippen molar-refractivity contribution in [1.29, 1.82) is 0 Å². The molecule has 3 aromatic rings. The monoisotopic (exact) mass is 485 g/mol. The lowest BCUT2D eigenvalue weighted by molar-refractivity contribution is -0.117. The normalized spacial score (nSPS) is 19.0. The Balaban J connectivity index is 1.55. The number of aromatic nitrogens is 2. The average Bonchev–Trinajstić information content (AvgIpc) is 3.26. The SMILES string of the molecule is CC1SC(c2ccccc2Cl)N(c2nnc(COc3ccc(Cl)cc3Cl)s2)C1=O. The third-order valence-corrected chi connectivity index (χ3v) is 7.33. The summed E-state index contributed by atoms with van der Waals surface area (Å²) in [5.41, 5.74) is 0.873. The van der Waals surface area contributed by atoms with Crippen molar-refractivity contribution in [3.8, 4) is 5.75 Å². The quantitative estimate of drug-likeness (QED) is 0.427.